The molecule has 0 fully saturated rings. The molecule has 1 aromatic heterocycles. The number of anilines is 1. The molecule has 0 unspecified atom stereocenters. The van der Waals surface area contributed by atoms with Crippen molar-refractivity contribution < 1.29 is 13.9 Å². The zero-order chi connectivity index (χ0) is 21.5. The highest BCUT2D eigenvalue weighted by molar-refractivity contribution is 7.99. The molecule has 3 aromatic rings. The summed E-state index contributed by atoms with van der Waals surface area (Å²) < 4.78 is 20.5. The SMILES string of the molecule is CC(C)OCCCn1c(SCC(=O)Nc2cccc(F)c2)nc2ccccc2c1=O. The molecule has 0 atom stereocenters. The summed E-state index contributed by atoms with van der Waals surface area (Å²) in [7, 11) is 0. The van der Waals surface area contributed by atoms with E-state index < -0.39 is 5.82 Å². The van der Waals surface area contributed by atoms with Crippen molar-refractivity contribution in [2.24, 2.45) is 0 Å². The number of carbonyl (C=O) groups is 1. The molecule has 8 heteroatoms. The van der Waals surface area contributed by atoms with Gasteiger partial charge in [-0.25, -0.2) is 9.37 Å². The number of thioether (sulfide) groups is 1. The lowest BCUT2D eigenvalue weighted by molar-refractivity contribution is -0.113. The quantitative estimate of drug-likeness (QED) is 0.315. The highest BCUT2D eigenvalue weighted by Crippen LogP contribution is 2.19. The Labute approximate surface area is 178 Å². The predicted octanol–water partition coefficient (Wildman–Crippen LogP) is 4.08. The second kappa shape index (κ2) is 10.4. The molecule has 1 heterocycles. The largest absolute Gasteiger partial charge is 0.379 e. The first kappa shape index (κ1) is 22.0. The van der Waals surface area contributed by atoms with E-state index in [1.54, 1.807) is 28.8 Å². The molecular weight excluding hydrogens is 405 g/mol. The topological polar surface area (TPSA) is 73.2 Å². The molecule has 0 aliphatic rings. The van der Waals surface area contributed by atoms with Crippen LogP contribution in [-0.4, -0.2) is 33.9 Å². The second-order valence-electron chi connectivity index (χ2n) is 6.99. The van der Waals surface area contributed by atoms with Crippen molar-refractivity contribution in [3.05, 3.63) is 64.7 Å². The van der Waals surface area contributed by atoms with Gasteiger partial charge in [-0.3, -0.25) is 14.2 Å². The molecule has 3 rings (SSSR count). The summed E-state index contributed by atoms with van der Waals surface area (Å²) in [5.74, 6) is -0.680. The summed E-state index contributed by atoms with van der Waals surface area (Å²) >= 11 is 1.18. The molecule has 6 nitrogen and oxygen atoms in total. The smallest absolute Gasteiger partial charge is 0.262 e. The number of para-hydroxylation sites is 1. The van der Waals surface area contributed by atoms with Crippen LogP contribution in [0.25, 0.3) is 10.9 Å². The normalized spacial score (nSPS) is 11.2. The van der Waals surface area contributed by atoms with Crippen molar-refractivity contribution in [3.63, 3.8) is 0 Å². The van der Waals surface area contributed by atoms with E-state index in [0.717, 1.165) is 0 Å². The Bertz CT molecular complexity index is 1080. The maximum absolute atomic E-state index is 13.3. The first-order chi connectivity index (χ1) is 14.4. The Balaban J connectivity index is 1.76. The number of aromatic nitrogens is 2. The molecule has 30 heavy (non-hydrogen) atoms. The molecule has 0 aliphatic carbocycles. The van der Waals surface area contributed by atoms with Gasteiger partial charge in [0.2, 0.25) is 5.91 Å². The fourth-order valence-corrected chi connectivity index (χ4v) is 3.72. The highest BCUT2D eigenvalue weighted by atomic mass is 32.2. The van der Waals surface area contributed by atoms with Crippen molar-refractivity contribution in [3.8, 4) is 0 Å². The number of fused-ring (bicyclic) bond motifs is 1. The zero-order valence-corrected chi connectivity index (χ0v) is 17.7. The summed E-state index contributed by atoms with van der Waals surface area (Å²) in [6.45, 7) is 4.89. The minimum atomic E-state index is -0.422. The van der Waals surface area contributed by atoms with Gasteiger partial charge >= 0.3 is 0 Å². The van der Waals surface area contributed by atoms with Gasteiger partial charge in [0.15, 0.2) is 5.16 Å². The van der Waals surface area contributed by atoms with Crippen LogP contribution in [0.3, 0.4) is 0 Å². The van der Waals surface area contributed by atoms with Gasteiger partial charge in [-0.15, -0.1) is 0 Å². The first-order valence-corrected chi connectivity index (χ1v) is 10.7. The van der Waals surface area contributed by atoms with Gasteiger partial charge in [0.05, 0.1) is 22.8 Å². The Kier molecular flexibility index (Phi) is 7.59. The van der Waals surface area contributed by atoms with E-state index in [4.69, 9.17) is 4.74 Å². The molecule has 2 aromatic carbocycles. The van der Waals surface area contributed by atoms with E-state index in [1.807, 2.05) is 19.9 Å². The van der Waals surface area contributed by atoms with Crippen molar-refractivity contribution in [2.75, 3.05) is 17.7 Å². The lowest BCUT2D eigenvalue weighted by Crippen LogP contribution is -2.25. The van der Waals surface area contributed by atoms with E-state index in [-0.39, 0.29) is 23.3 Å². The van der Waals surface area contributed by atoms with Crippen molar-refractivity contribution >= 4 is 34.3 Å². The van der Waals surface area contributed by atoms with E-state index in [9.17, 15) is 14.0 Å². The predicted molar refractivity (Wildman–Crippen MR) is 117 cm³/mol. The maximum atomic E-state index is 13.3. The van der Waals surface area contributed by atoms with E-state index >= 15 is 0 Å². The zero-order valence-electron chi connectivity index (χ0n) is 16.9. The van der Waals surface area contributed by atoms with Gasteiger partial charge in [0.1, 0.15) is 5.82 Å². The standard InChI is InChI=1S/C22H24FN3O3S/c1-15(2)29-12-6-11-26-21(28)18-9-3-4-10-19(18)25-22(26)30-14-20(27)24-17-8-5-7-16(23)13-17/h3-5,7-10,13,15H,6,11-12,14H2,1-2H3,(H,24,27). The van der Waals surface area contributed by atoms with Crippen LogP contribution in [0.5, 0.6) is 0 Å². The first-order valence-electron chi connectivity index (χ1n) is 9.73. The molecule has 0 bridgehead atoms. The number of ether oxygens (including phenoxy) is 1. The lowest BCUT2D eigenvalue weighted by atomic mass is 10.2. The fraction of sp³-hybridized carbons (Fsp3) is 0.318. The van der Waals surface area contributed by atoms with Crippen molar-refractivity contribution in [1.29, 1.82) is 0 Å². The minimum Gasteiger partial charge on any atom is -0.379 e. The summed E-state index contributed by atoms with van der Waals surface area (Å²) in [4.78, 5) is 29.9. The summed E-state index contributed by atoms with van der Waals surface area (Å²) in [5, 5.41) is 3.66. The fourth-order valence-electron chi connectivity index (χ4n) is 2.89. The van der Waals surface area contributed by atoms with E-state index in [1.165, 1.54) is 30.0 Å². The summed E-state index contributed by atoms with van der Waals surface area (Å²) in [6, 6.07) is 12.9. The van der Waals surface area contributed by atoms with Gasteiger partial charge in [-0.2, -0.15) is 0 Å². The number of nitrogens with zero attached hydrogens (tertiary/aromatic N) is 2. The molecule has 0 saturated heterocycles. The van der Waals surface area contributed by atoms with Gasteiger partial charge in [0, 0.05) is 18.8 Å². The van der Waals surface area contributed by atoms with Crippen molar-refractivity contribution in [2.45, 2.75) is 38.1 Å². The molecule has 158 valence electrons. The van der Waals surface area contributed by atoms with Crippen LogP contribution >= 0.6 is 11.8 Å². The molecule has 0 saturated carbocycles. The monoisotopic (exact) mass is 429 g/mol. The number of amides is 1. The van der Waals surface area contributed by atoms with Gasteiger partial charge in [0.25, 0.3) is 5.56 Å². The van der Waals surface area contributed by atoms with Crippen LogP contribution < -0.4 is 10.9 Å². The van der Waals surface area contributed by atoms with E-state index in [2.05, 4.69) is 10.3 Å². The van der Waals surface area contributed by atoms with Crippen LogP contribution in [-0.2, 0) is 16.1 Å². The Morgan fingerprint density at radius 2 is 2.03 bits per heavy atom. The Hall–Kier alpha value is -2.71. The summed E-state index contributed by atoms with van der Waals surface area (Å²) in [6.07, 6.45) is 0.776. The number of hydrogen-bond donors (Lipinski definition) is 1. The van der Waals surface area contributed by atoms with Crippen LogP contribution in [0.4, 0.5) is 10.1 Å². The molecule has 1 N–H and O–H groups in total. The van der Waals surface area contributed by atoms with E-state index in [0.29, 0.717) is 41.3 Å². The second-order valence-corrected chi connectivity index (χ2v) is 7.93. The molecule has 0 spiro atoms. The minimum absolute atomic E-state index is 0.0454. The number of rotatable bonds is 9. The lowest BCUT2D eigenvalue weighted by Gasteiger charge is -2.14. The molecule has 1 amide bonds. The van der Waals surface area contributed by atoms with Crippen molar-refractivity contribution in [1.82, 2.24) is 9.55 Å². The molecular formula is C22H24FN3O3S. The number of carbonyl (C=O) groups excluding carboxylic acids is 1. The van der Waals surface area contributed by atoms with Gasteiger partial charge < -0.3 is 10.1 Å². The number of benzene rings is 2. The average molecular weight is 430 g/mol. The van der Waals surface area contributed by atoms with Crippen LogP contribution in [0.15, 0.2) is 58.5 Å². The number of nitrogens with one attached hydrogen (secondary N) is 1. The molecule has 0 aliphatic heterocycles. The van der Waals surface area contributed by atoms with Crippen LogP contribution in [0.2, 0.25) is 0 Å². The molecule has 0 radical (unpaired) electrons. The third-order valence-electron chi connectivity index (χ3n) is 4.24. The Morgan fingerprint density at radius 3 is 2.80 bits per heavy atom. The highest BCUT2D eigenvalue weighted by Gasteiger charge is 2.13. The maximum Gasteiger partial charge on any atom is 0.262 e. The van der Waals surface area contributed by atoms with Crippen LogP contribution in [0.1, 0.15) is 20.3 Å². The van der Waals surface area contributed by atoms with Gasteiger partial charge in [-0.1, -0.05) is 30.0 Å². The third-order valence-corrected chi connectivity index (χ3v) is 5.22. The van der Waals surface area contributed by atoms with Crippen LogP contribution in [0, 0.1) is 5.82 Å². The van der Waals surface area contributed by atoms with Gasteiger partial charge in [-0.05, 0) is 50.6 Å². The number of hydrogen-bond acceptors (Lipinski definition) is 5. The third kappa shape index (κ3) is 5.90. The summed E-state index contributed by atoms with van der Waals surface area (Å²) in [5.41, 5.74) is 0.832. The number of halogens is 1. The average Bonchev–Trinajstić information content (AvgIpc) is 2.71. The Morgan fingerprint density at radius 1 is 1.23 bits per heavy atom.